The molecule has 90 valence electrons. The van der Waals surface area contributed by atoms with Crippen LogP contribution in [0.1, 0.15) is 12.8 Å². The van der Waals surface area contributed by atoms with Crippen LogP contribution >= 0.6 is 11.3 Å². The summed E-state index contributed by atoms with van der Waals surface area (Å²) in [4.78, 5) is 2.26. The van der Waals surface area contributed by atoms with E-state index in [-0.39, 0.29) is 6.04 Å². The fourth-order valence-electron chi connectivity index (χ4n) is 2.26. The third kappa shape index (κ3) is 2.21. The van der Waals surface area contributed by atoms with Crippen LogP contribution in [0.5, 0.6) is 0 Å². The molecule has 2 aromatic rings. The number of hydrogen-bond acceptors (Lipinski definition) is 4. The Morgan fingerprint density at radius 2 is 2.47 bits per heavy atom. The molecule has 0 aromatic carbocycles. The summed E-state index contributed by atoms with van der Waals surface area (Å²) in [5.41, 5.74) is 8.27. The number of piperidine rings is 1. The molecular weight excluding hydrogens is 232 g/mol. The average molecular weight is 248 g/mol. The van der Waals surface area contributed by atoms with Crippen LogP contribution < -0.4 is 10.6 Å². The largest absolute Gasteiger partial charge is 0.354 e. The lowest BCUT2D eigenvalue weighted by Gasteiger charge is -2.30. The van der Waals surface area contributed by atoms with Crippen LogP contribution in [0.15, 0.2) is 22.9 Å². The molecule has 17 heavy (non-hydrogen) atoms. The van der Waals surface area contributed by atoms with Gasteiger partial charge in [-0.05, 0) is 24.3 Å². The zero-order valence-corrected chi connectivity index (χ0v) is 10.4. The molecule has 0 bridgehead atoms. The molecule has 5 heteroatoms. The Morgan fingerprint density at radius 3 is 3.24 bits per heavy atom. The molecule has 1 aliphatic rings. The maximum Gasteiger partial charge on any atom is 0.151 e. The van der Waals surface area contributed by atoms with Crippen molar-refractivity contribution in [2.75, 3.05) is 18.0 Å². The number of nitrogens with one attached hydrogen (secondary N) is 1. The van der Waals surface area contributed by atoms with Gasteiger partial charge in [0.1, 0.15) is 0 Å². The van der Waals surface area contributed by atoms with Gasteiger partial charge in [-0.2, -0.15) is 16.4 Å². The average Bonchev–Trinajstić information content (AvgIpc) is 3.00. The molecule has 2 aromatic heterocycles. The normalized spacial score (nSPS) is 20.8. The van der Waals surface area contributed by atoms with Crippen LogP contribution in [-0.2, 0) is 0 Å². The zero-order valence-electron chi connectivity index (χ0n) is 9.60. The summed E-state index contributed by atoms with van der Waals surface area (Å²) in [7, 11) is 0. The maximum absolute atomic E-state index is 5.99. The number of H-pyrrole nitrogens is 1. The van der Waals surface area contributed by atoms with Crippen molar-refractivity contribution in [2.24, 2.45) is 5.73 Å². The minimum absolute atomic E-state index is 0.282. The van der Waals surface area contributed by atoms with E-state index in [1.54, 1.807) is 11.3 Å². The molecule has 1 aliphatic heterocycles. The summed E-state index contributed by atoms with van der Waals surface area (Å²) in [6, 6.07) is 4.49. The molecule has 0 aliphatic carbocycles. The van der Waals surface area contributed by atoms with Crippen LogP contribution in [0.4, 0.5) is 5.82 Å². The number of nitrogens with two attached hydrogens (primary N) is 1. The zero-order chi connectivity index (χ0) is 11.7. The van der Waals surface area contributed by atoms with E-state index < -0.39 is 0 Å². The number of rotatable bonds is 2. The van der Waals surface area contributed by atoms with Gasteiger partial charge in [-0.25, -0.2) is 0 Å². The van der Waals surface area contributed by atoms with Crippen molar-refractivity contribution in [3.8, 4) is 11.3 Å². The molecule has 3 N–H and O–H groups in total. The molecular formula is C12H16N4S. The number of aromatic amines is 1. The number of hydrogen-bond donors (Lipinski definition) is 2. The Balaban J connectivity index is 1.80. The summed E-state index contributed by atoms with van der Waals surface area (Å²) in [6.07, 6.45) is 2.28. The highest BCUT2D eigenvalue weighted by atomic mass is 32.1. The quantitative estimate of drug-likeness (QED) is 0.855. The number of anilines is 1. The van der Waals surface area contributed by atoms with Gasteiger partial charge in [0.15, 0.2) is 5.82 Å². The SMILES string of the molecule is N[C@H]1CCCN(c2cc(-c3ccsc3)[nH]n2)C1. The molecule has 0 radical (unpaired) electrons. The second-order valence-corrected chi connectivity index (χ2v) is 5.28. The van der Waals surface area contributed by atoms with Crippen LogP contribution in [0.3, 0.4) is 0 Å². The number of nitrogens with zero attached hydrogens (tertiary/aromatic N) is 2. The summed E-state index contributed by atoms with van der Waals surface area (Å²) in [5, 5.41) is 11.7. The molecule has 1 atom stereocenters. The fourth-order valence-corrected chi connectivity index (χ4v) is 2.91. The highest BCUT2D eigenvalue weighted by molar-refractivity contribution is 7.08. The van der Waals surface area contributed by atoms with Crippen molar-refractivity contribution >= 4 is 17.2 Å². The van der Waals surface area contributed by atoms with Gasteiger partial charge in [0.2, 0.25) is 0 Å². The van der Waals surface area contributed by atoms with E-state index in [9.17, 15) is 0 Å². The van der Waals surface area contributed by atoms with Crippen LogP contribution in [0, 0.1) is 0 Å². The van der Waals surface area contributed by atoms with Gasteiger partial charge < -0.3 is 10.6 Å². The monoisotopic (exact) mass is 248 g/mol. The molecule has 0 saturated carbocycles. The Kier molecular flexibility index (Phi) is 2.86. The van der Waals surface area contributed by atoms with Gasteiger partial charge in [-0.1, -0.05) is 0 Å². The summed E-state index contributed by atoms with van der Waals surface area (Å²) >= 11 is 1.70. The van der Waals surface area contributed by atoms with Crippen LogP contribution in [0.25, 0.3) is 11.3 Å². The molecule has 1 fully saturated rings. The molecule has 1 saturated heterocycles. The Bertz CT molecular complexity index is 476. The van der Waals surface area contributed by atoms with Crippen LogP contribution in [-0.4, -0.2) is 29.3 Å². The van der Waals surface area contributed by atoms with Gasteiger partial charge in [-0.15, -0.1) is 0 Å². The minimum Gasteiger partial charge on any atom is -0.354 e. The van der Waals surface area contributed by atoms with E-state index in [1.165, 1.54) is 5.56 Å². The first kappa shape index (κ1) is 10.8. The first-order chi connectivity index (χ1) is 8.33. The van der Waals surface area contributed by atoms with Crippen molar-refractivity contribution in [1.29, 1.82) is 0 Å². The van der Waals surface area contributed by atoms with Crippen LogP contribution in [0.2, 0.25) is 0 Å². The van der Waals surface area contributed by atoms with Gasteiger partial charge in [0, 0.05) is 36.1 Å². The molecule has 3 heterocycles. The van der Waals surface area contributed by atoms with E-state index in [2.05, 4.69) is 38.0 Å². The second-order valence-electron chi connectivity index (χ2n) is 4.50. The third-order valence-corrected chi connectivity index (χ3v) is 3.86. The fraction of sp³-hybridized carbons (Fsp3) is 0.417. The number of thiophene rings is 1. The maximum atomic E-state index is 5.99. The predicted molar refractivity (Wildman–Crippen MR) is 71.3 cm³/mol. The van der Waals surface area contributed by atoms with Crippen molar-refractivity contribution in [3.63, 3.8) is 0 Å². The lowest BCUT2D eigenvalue weighted by atomic mass is 10.1. The van der Waals surface area contributed by atoms with E-state index in [1.807, 2.05) is 0 Å². The second kappa shape index (κ2) is 4.50. The molecule has 0 spiro atoms. The lowest BCUT2D eigenvalue weighted by Crippen LogP contribution is -2.43. The van der Waals surface area contributed by atoms with Gasteiger partial charge in [0.05, 0.1) is 5.69 Å². The van der Waals surface area contributed by atoms with Crippen molar-refractivity contribution in [2.45, 2.75) is 18.9 Å². The summed E-state index contributed by atoms with van der Waals surface area (Å²) in [5.74, 6) is 1.02. The van der Waals surface area contributed by atoms with Gasteiger partial charge in [0.25, 0.3) is 0 Å². The van der Waals surface area contributed by atoms with Gasteiger partial charge >= 0.3 is 0 Å². The lowest BCUT2D eigenvalue weighted by molar-refractivity contribution is 0.503. The standard InChI is InChI=1S/C12H16N4S/c13-10-2-1-4-16(7-10)12-6-11(14-15-12)9-3-5-17-8-9/h3,5-6,8,10H,1-2,4,7,13H2,(H,14,15)/t10-/m0/s1. The predicted octanol–water partition coefficient (Wildman–Crippen LogP) is 2.07. The highest BCUT2D eigenvalue weighted by Crippen LogP contribution is 2.25. The van der Waals surface area contributed by atoms with E-state index in [4.69, 9.17) is 5.73 Å². The molecule has 0 amide bonds. The van der Waals surface area contributed by atoms with E-state index in [0.717, 1.165) is 37.4 Å². The van der Waals surface area contributed by atoms with E-state index in [0.29, 0.717) is 0 Å². The van der Waals surface area contributed by atoms with Crippen molar-refractivity contribution in [3.05, 3.63) is 22.9 Å². The molecule has 4 nitrogen and oxygen atoms in total. The van der Waals surface area contributed by atoms with Crippen molar-refractivity contribution < 1.29 is 0 Å². The summed E-state index contributed by atoms with van der Waals surface area (Å²) < 4.78 is 0. The molecule has 3 rings (SSSR count). The van der Waals surface area contributed by atoms with E-state index >= 15 is 0 Å². The number of aromatic nitrogens is 2. The minimum atomic E-state index is 0.282. The third-order valence-electron chi connectivity index (χ3n) is 3.18. The first-order valence-electron chi connectivity index (χ1n) is 5.91. The summed E-state index contributed by atoms with van der Waals surface area (Å²) in [6.45, 7) is 1.97. The topological polar surface area (TPSA) is 57.9 Å². The first-order valence-corrected chi connectivity index (χ1v) is 6.86. The smallest absolute Gasteiger partial charge is 0.151 e. The highest BCUT2D eigenvalue weighted by Gasteiger charge is 2.19. The Labute approximate surface area is 104 Å². The Morgan fingerprint density at radius 1 is 1.53 bits per heavy atom. The van der Waals surface area contributed by atoms with Crippen molar-refractivity contribution in [1.82, 2.24) is 10.2 Å². The van der Waals surface area contributed by atoms with Gasteiger partial charge in [-0.3, -0.25) is 5.10 Å². The molecule has 0 unspecified atom stereocenters. The Hall–Kier alpha value is -1.33.